The summed E-state index contributed by atoms with van der Waals surface area (Å²) in [6, 6.07) is 15.7. The minimum atomic E-state index is -0.622. The molecule has 0 saturated heterocycles. The number of rotatable bonds is 7. The molecule has 1 aromatic heterocycles. The van der Waals surface area contributed by atoms with Gasteiger partial charge < -0.3 is 14.8 Å². The van der Waals surface area contributed by atoms with E-state index in [0.29, 0.717) is 11.4 Å². The van der Waals surface area contributed by atoms with E-state index in [-0.39, 0.29) is 18.8 Å². The normalized spacial score (nSPS) is 10.3. The van der Waals surface area contributed by atoms with Crippen LogP contribution in [0.25, 0.3) is 0 Å². The van der Waals surface area contributed by atoms with Crippen LogP contribution in [0.15, 0.2) is 60.0 Å². The number of thiazole rings is 1. The molecule has 0 bridgehead atoms. The lowest BCUT2D eigenvalue weighted by molar-refractivity contribution is -0.119. The second kappa shape index (κ2) is 8.95. The third-order valence-electron chi connectivity index (χ3n) is 3.54. The highest BCUT2D eigenvalue weighted by Crippen LogP contribution is 2.21. The van der Waals surface area contributed by atoms with Crippen molar-refractivity contribution in [3.8, 4) is 5.75 Å². The monoisotopic (exact) mass is 382 g/mol. The van der Waals surface area contributed by atoms with E-state index >= 15 is 0 Å². The number of ether oxygens (including phenoxy) is 2. The predicted molar refractivity (Wildman–Crippen MR) is 103 cm³/mol. The van der Waals surface area contributed by atoms with E-state index in [2.05, 4.69) is 10.3 Å². The molecule has 3 aromatic rings. The van der Waals surface area contributed by atoms with Gasteiger partial charge in [0.1, 0.15) is 17.9 Å². The molecule has 0 radical (unpaired) electrons. The Bertz CT molecular complexity index is 924. The maximum absolute atomic E-state index is 12.3. The fraction of sp³-hybridized carbons (Fsp3) is 0.150. The van der Waals surface area contributed by atoms with Crippen LogP contribution < -0.4 is 10.1 Å². The fourth-order valence-electron chi connectivity index (χ4n) is 2.31. The molecule has 1 heterocycles. The Labute approximate surface area is 160 Å². The van der Waals surface area contributed by atoms with Crippen molar-refractivity contribution in [2.75, 3.05) is 11.9 Å². The predicted octanol–water partition coefficient (Wildman–Crippen LogP) is 3.83. The molecular formula is C20H18N2O4S. The molecule has 7 heteroatoms. The Hall–Kier alpha value is -3.19. The zero-order valence-corrected chi connectivity index (χ0v) is 15.5. The lowest BCUT2D eigenvalue weighted by atomic mass is 10.2. The van der Waals surface area contributed by atoms with Crippen molar-refractivity contribution in [1.82, 2.24) is 4.98 Å². The van der Waals surface area contributed by atoms with Crippen molar-refractivity contribution in [2.45, 2.75) is 13.5 Å². The Morgan fingerprint density at radius 3 is 2.56 bits per heavy atom. The molecule has 2 aromatic carbocycles. The summed E-state index contributed by atoms with van der Waals surface area (Å²) in [5, 5.41) is 5.51. The average molecular weight is 382 g/mol. The number of nitrogens with one attached hydrogen (secondary N) is 1. The molecule has 1 N–H and O–H groups in total. The van der Waals surface area contributed by atoms with Crippen LogP contribution in [0.1, 0.15) is 21.1 Å². The standard InChI is InChI=1S/C20H18N2O4S/c1-14-21-16(13-27-14)11-25-18-10-6-5-9-17(18)20(24)26-12-19(23)22-15-7-3-2-4-8-15/h2-10,13H,11-12H2,1H3,(H,22,23). The maximum atomic E-state index is 12.3. The second-order valence-corrected chi connectivity index (χ2v) is 6.70. The highest BCUT2D eigenvalue weighted by molar-refractivity contribution is 7.09. The maximum Gasteiger partial charge on any atom is 0.342 e. The van der Waals surface area contributed by atoms with Crippen LogP contribution in [0.3, 0.4) is 0 Å². The van der Waals surface area contributed by atoms with Crippen molar-refractivity contribution in [3.63, 3.8) is 0 Å². The molecule has 3 rings (SSSR count). The number of esters is 1. The van der Waals surface area contributed by atoms with Crippen LogP contribution in [-0.2, 0) is 16.1 Å². The summed E-state index contributed by atoms with van der Waals surface area (Å²) in [4.78, 5) is 28.6. The van der Waals surface area contributed by atoms with Crippen molar-refractivity contribution in [2.24, 2.45) is 0 Å². The van der Waals surface area contributed by atoms with E-state index in [1.165, 1.54) is 11.3 Å². The number of anilines is 1. The van der Waals surface area contributed by atoms with Crippen LogP contribution >= 0.6 is 11.3 Å². The van der Waals surface area contributed by atoms with Gasteiger partial charge in [-0.25, -0.2) is 9.78 Å². The van der Waals surface area contributed by atoms with E-state index in [4.69, 9.17) is 9.47 Å². The Kier molecular flexibility index (Phi) is 6.17. The largest absolute Gasteiger partial charge is 0.486 e. The third-order valence-corrected chi connectivity index (χ3v) is 4.36. The average Bonchev–Trinajstić information content (AvgIpc) is 3.11. The number of hydrogen-bond donors (Lipinski definition) is 1. The van der Waals surface area contributed by atoms with Crippen molar-refractivity contribution < 1.29 is 19.1 Å². The molecule has 1 amide bonds. The van der Waals surface area contributed by atoms with E-state index in [0.717, 1.165) is 10.7 Å². The zero-order valence-electron chi connectivity index (χ0n) is 14.7. The first-order valence-electron chi connectivity index (χ1n) is 8.26. The van der Waals surface area contributed by atoms with Crippen molar-refractivity contribution in [1.29, 1.82) is 0 Å². The topological polar surface area (TPSA) is 77.5 Å². The first-order valence-corrected chi connectivity index (χ1v) is 9.14. The van der Waals surface area contributed by atoms with Gasteiger partial charge in [-0.1, -0.05) is 30.3 Å². The number of carbonyl (C=O) groups is 2. The molecule has 0 saturated carbocycles. The summed E-state index contributed by atoms with van der Waals surface area (Å²) in [5.41, 5.74) is 1.70. The number of aromatic nitrogens is 1. The molecule has 27 heavy (non-hydrogen) atoms. The van der Waals surface area contributed by atoms with E-state index < -0.39 is 11.9 Å². The molecule has 0 spiro atoms. The van der Waals surface area contributed by atoms with Crippen LogP contribution in [-0.4, -0.2) is 23.5 Å². The number of nitrogens with zero attached hydrogens (tertiary/aromatic N) is 1. The third kappa shape index (κ3) is 5.39. The smallest absolute Gasteiger partial charge is 0.342 e. The quantitative estimate of drug-likeness (QED) is 0.629. The van der Waals surface area contributed by atoms with E-state index in [1.807, 2.05) is 18.4 Å². The van der Waals surface area contributed by atoms with Crippen LogP contribution in [0.4, 0.5) is 5.69 Å². The van der Waals surface area contributed by atoms with Gasteiger partial charge in [-0.3, -0.25) is 4.79 Å². The van der Waals surface area contributed by atoms with Gasteiger partial charge in [0.15, 0.2) is 6.61 Å². The molecule has 0 aliphatic rings. The first kappa shape index (κ1) is 18.6. The van der Waals surface area contributed by atoms with Gasteiger partial charge in [-0.15, -0.1) is 11.3 Å². The summed E-state index contributed by atoms with van der Waals surface area (Å²) in [6.45, 7) is 1.79. The van der Waals surface area contributed by atoms with Crippen LogP contribution in [0.5, 0.6) is 5.75 Å². The summed E-state index contributed by atoms with van der Waals surface area (Å²) >= 11 is 1.53. The van der Waals surface area contributed by atoms with E-state index in [1.54, 1.807) is 48.5 Å². The fourth-order valence-corrected chi connectivity index (χ4v) is 2.91. The minimum Gasteiger partial charge on any atom is -0.486 e. The molecular weight excluding hydrogens is 364 g/mol. The molecule has 0 fully saturated rings. The van der Waals surface area contributed by atoms with Crippen molar-refractivity contribution in [3.05, 3.63) is 76.2 Å². The van der Waals surface area contributed by atoms with Gasteiger partial charge >= 0.3 is 5.97 Å². The second-order valence-electron chi connectivity index (χ2n) is 5.63. The molecule has 0 aliphatic carbocycles. The van der Waals surface area contributed by atoms with Gasteiger partial charge in [0.25, 0.3) is 5.91 Å². The summed E-state index contributed by atoms with van der Waals surface area (Å²) < 4.78 is 10.8. The van der Waals surface area contributed by atoms with Crippen molar-refractivity contribution >= 4 is 28.9 Å². The highest BCUT2D eigenvalue weighted by Gasteiger charge is 2.16. The Morgan fingerprint density at radius 2 is 1.81 bits per heavy atom. The first-order chi connectivity index (χ1) is 13.1. The molecule has 138 valence electrons. The van der Waals surface area contributed by atoms with Gasteiger partial charge in [-0.2, -0.15) is 0 Å². The number of carbonyl (C=O) groups excluding carboxylic acids is 2. The van der Waals surface area contributed by atoms with E-state index in [9.17, 15) is 9.59 Å². The Balaban J connectivity index is 1.57. The molecule has 6 nitrogen and oxygen atoms in total. The van der Waals surface area contributed by atoms with Gasteiger partial charge in [0.05, 0.1) is 10.7 Å². The van der Waals surface area contributed by atoms with Crippen LogP contribution in [0, 0.1) is 6.92 Å². The number of para-hydroxylation sites is 2. The molecule has 0 unspecified atom stereocenters. The van der Waals surface area contributed by atoms with Gasteiger partial charge in [0.2, 0.25) is 0 Å². The number of aryl methyl sites for hydroxylation is 1. The molecule has 0 aliphatic heterocycles. The van der Waals surface area contributed by atoms with Gasteiger partial charge in [-0.05, 0) is 31.2 Å². The summed E-state index contributed by atoms with van der Waals surface area (Å²) in [6.07, 6.45) is 0. The highest BCUT2D eigenvalue weighted by atomic mass is 32.1. The number of amides is 1. The lowest BCUT2D eigenvalue weighted by Crippen LogP contribution is -2.21. The SMILES string of the molecule is Cc1nc(COc2ccccc2C(=O)OCC(=O)Nc2ccccc2)cs1. The lowest BCUT2D eigenvalue weighted by Gasteiger charge is -2.10. The molecule has 0 atom stereocenters. The zero-order chi connectivity index (χ0) is 19.1. The number of hydrogen-bond acceptors (Lipinski definition) is 6. The minimum absolute atomic E-state index is 0.253. The number of benzene rings is 2. The van der Waals surface area contributed by atoms with Crippen LogP contribution in [0.2, 0.25) is 0 Å². The van der Waals surface area contributed by atoms with Gasteiger partial charge in [0, 0.05) is 11.1 Å². The Morgan fingerprint density at radius 1 is 1.07 bits per heavy atom. The summed E-state index contributed by atoms with van der Waals surface area (Å²) in [7, 11) is 0. The summed E-state index contributed by atoms with van der Waals surface area (Å²) in [5.74, 6) is -0.647.